The van der Waals surface area contributed by atoms with Crippen molar-refractivity contribution >= 4 is 45.6 Å². The molecule has 5 heteroatoms. The molecule has 0 saturated carbocycles. The molecule has 0 unspecified atom stereocenters. The van der Waals surface area contributed by atoms with E-state index in [0.29, 0.717) is 23.9 Å². The first-order valence-electron chi connectivity index (χ1n) is 8.08. The molecule has 3 aromatic rings. The first kappa shape index (κ1) is 15.4. The molecule has 5 nitrogen and oxygen atoms in total. The van der Waals surface area contributed by atoms with Gasteiger partial charge in [-0.05, 0) is 45.0 Å². The number of rotatable bonds is 3. The van der Waals surface area contributed by atoms with Crippen LogP contribution in [0.5, 0.6) is 0 Å². The Morgan fingerprint density at radius 1 is 1.08 bits per heavy atom. The van der Waals surface area contributed by atoms with Gasteiger partial charge in [0, 0.05) is 36.1 Å². The van der Waals surface area contributed by atoms with Crippen molar-refractivity contribution in [3.05, 3.63) is 58.5 Å². The van der Waals surface area contributed by atoms with Gasteiger partial charge in [-0.1, -0.05) is 24.3 Å². The molecule has 1 heterocycles. The zero-order chi connectivity index (χ0) is 17.4. The minimum Gasteiger partial charge on any atom is -0.351 e. The SMILES string of the molecule is NCCNC(=O)c1cc2c(c3cc4ccccc4cc13)=C[N]C(=O)C=2. The van der Waals surface area contributed by atoms with Crippen LogP contribution in [0.1, 0.15) is 10.4 Å². The Labute approximate surface area is 143 Å². The highest BCUT2D eigenvalue weighted by atomic mass is 16.2. The van der Waals surface area contributed by atoms with Crippen molar-refractivity contribution < 1.29 is 9.59 Å². The van der Waals surface area contributed by atoms with Crippen LogP contribution in [0.15, 0.2) is 42.5 Å². The Morgan fingerprint density at radius 3 is 2.52 bits per heavy atom. The highest BCUT2D eigenvalue weighted by molar-refractivity contribution is 6.13. The third kappa shape index (κ3) is 2.64. The van der Waals surface area contributed by atoms with Crippen molar-refractivity contribution in [2.75, 3.05) is 13.1 Å². The summed E-state index contributed by atoms with van der Waals surface area (Å²) in [5.74, 6) is -0.516. The van der Waals surface area contributed by atoms with Gasteiger partial charge in [0.2, 0.25) is 0 Å². The highest BCUT2D eigenvalue weighted by Gasteiger charge is 2.15. The number of amides is 2. The molecule has 123 valence electrons. The summed E-state index contributed by atoms with van der Waals surface area (Å²) in [6.45, 7) is 0.768. The molecule has 1 aliphatic heterocycles. The van der Waals surface area contributed by atoms with E-state index in [1.165, 1.54) is 6.08 Å². The molecule has 0 fully saturated rings. The largest absolute Gasteiger partial charge is 0.351 e. The molecule has 0 spiro atoms. The highest BCUT2D eigenvalue weighted by Crippen LogP contribution is 2.23. The summed E-state index contributed by atoms with van der Waals surface area (Å²) in [7, 11) is 0. The van der Waals surface area contributed by atoms with Crippen LogP contribution in [0.2, 0.25) is 0 Å². The van der Waals surface area contributed by atoms with Gasteiger partial charge in [0.1, 0.15) is 0 Å². The van der Waals surface area contributed by atoms with Crippen LogP contribution < -0.4 is 26.8 Å². The van der Waals surface area contributed by atoms with Gasteiger partial charge < -0.3 is 11.1 Å². The monoisotopic (exact) mass is 330 g/mol. The van der Waals surface area contributed by atoms with Crippen LogP contribution >= 0.6 is 0 Å². The quantitative estimate of drug-likeness (QED) is 0.679. The molecule has 0 aliphatic carbocycles. The Kier molecular flexibility index (Phi) is 3.71. The number of hydrogen-bond acceptors (Lipinski definition) is 3. The van der Waals surface area contributed by atoms with Gasteiger partial charge in [-0.3, -0.25) is 9.59 Å². The van der Waals surface area contributed by atoms with Gasteiger partial charge in [-0.15, -0.1) is 0 Å². The van der Waals surface area contributed by atoms with Crippen LogP contribution in [0.4, 0.5) is 0 Å². The van der Waals surface area contributed by atoms with Gasteiger partial charge in [0.15, 0.2) is 0 Å². The average Bonchev–Trinajstić information content (AvgIpc) is 2.63. The predicted octanol–water partition coefficient (Wildman–Crippen LogP) is 0.345. The Balaban J connectivity index is 2.10. The van der Waals surface area contributed by atoms with Crippen molar-refractivity contribution in [3.8, 4) is 0 Å². The number of carbonyl (C=O) groups excluding carboxylic acids is 2. The standard InChI is InChI=1S/C20H16N3O2/c21-5-6-22-20(25)17-9-14-10-19(24)23-11-18(14)16-8-13-4-2-1-3-12(13)7-15(16)17/h1-4,7-11H,5-6,21H2,(H,22,25). The van der Waals surface area contributed by atoms with Crippen LogP contribution in [0.25, 0.3) is 33.8 Å². The third-order valence-corrected chi connectivity index (χ3v) is 4.35. The average molecular weight is 330 g/mol. The van der Waals surface area contributed by atoms with Crippen LogP contribution in [0.3, 0.4) is 0 Å². The molecule has 2 amide bonds. The lowest BCUT2D eigenvalue weighted by Crippen LogP contribution is -2.36. The second-order valence-corrected chi connectivity index (χ2v) is 5.96. The van der Waals surface area contributed by atoms with Crippen molar-refractivity contribution in [2.45, 2.75) is 0 Å². The van der Waals surface area contributed by atoms with Crippen LogP contribution in [0, 0.1) is 0 Å². The van der Waals surface area contributed by atoms with Crippen molar-refractivity contribution in [1.82, 2.24) is 10.6 Å². The fourth-order valence-electron chi connectivity index (χ4n) is 3.18. The Bertz CT molecular complexity index is 1150. The lowest BCUT2D eigenvalue weighted by Gasteiger charge is -2.12. The minimum atomic E-state index is -0.319. The summed E-state index contributed by atoms with van der Waals surface area (Å²) in [5, 5.41) is 12.1. The fourth-order valence-corrected chi connectivity index (χ4v) is 3.18. The smallest absolute Gasteiger partial charge is 0.270 e. The summed E-state index contributed by atoms with van der Waals surface area (Å²) in [6, 6.07) is 13.8. The maximum Gasteiger partial charge on any atom is 0.270 e. The fraction of sp³-hybridized carbons (Fsp3) is 0.100. The molecule has 4 rings (SSSR count). The normalized spacial score (nSPS) is 12.9. The third-order valence-electron chi connectivity index (χ3n) is 4.35. The van der Waals surface area contributed by atoms with E-state index in [1.807, 2.05) is 36.4 Å². The zero-order valence-corrected chi connectivity index (χ0v) is 13.5. The number of nitrogens with zero attached hydrogens (tertiary/aromatic N) is 1. The topological polar surface area (TPSA) is 86.3 Å². The summed E-state index contributed by atoms with van der Waals surface area (Å²) >= 11 is 0. The number of fused-ring (bicyclic) bond motifs is 4. The van der Waals surface area contributed by atoms with Gasteiger partial charge in [0.05, 0.1) is 0 Å². The van der Waals surface area contributed by atoms with E-state index in [-0.39, 0.29) is 11.8 Å². The number of carbonyl (C=O) groups is 2. The van der Waals surface area contributed by atoms with E-state index in [9.17, 15) is 9.59 Å². The van der Waals surface area contributed by atoms with Gasteiger partial charge in [-0.2, -0.15) is 0 Å². The molecule has 0 aromatic heterocycles. The molecule has 0 saturated heterocycles. The van der Waals surface area contributed by atoms with E-state index < -0.39 is 0 Å². The summed E-state index contributed by atoms with van der Waals surface area (Å²) in [6.07, 6.45) is 3.04. The van der Waals surface area contributed by atoms with E-state index >= 15 is 0 Å². The number of nitrogens with one attached hydrogen (secondary N) is 1. The summed E-state index contributed by atoms with van der Waals surface area (Å²) < 4.78 is 0. The summed E-state index contributed by atoms with van der Waals surface area (Å²) in [5.41, 5.74) is 6.02. The molecule has 25 heavy (non-hydrogen) atoms. The van der Waals surface area contributed by atoms with E-state index in [1.54, 1.807) is 12.3 Å². The maximum absolute atomic E-state index is 12.6. The molecular weight excluding hydrogens is 314 g/mol. The van der Waals surface area contributed by atoms with E-state index in [2.05, 4.69) is 10.6 Å². The van der Waals surface area contributed by atoms with Crippen LogP contribution in [-0.4, -0.2) is 24.9 Å². The molecule has 3 aromatic carbocycles. The molecule has 0 atom stereocenters. The van der Waals surface area contributed by atoms with E-state index in [4.69, 9.17) is 5.73 Å². The lowest BCUT2D eigenvalue weighted by atomic mass is 9.96. The second kappa shape index (κ2) is 6.03. The van der Waals surface area contributed by atoms with Gasteiger partial charge in [0.25, 0.3) is 11.8 Å². The molecule has 1 aliphatic rings. The van der Waals surface area contributed by atoms with Crippen molar-refractivity contribution in [1.29, 1.82) is 0 Å². The zero-order valence-electron chi connectivity index (χ0n) is 13.5. The first-order valence-corrected chi connectivity index (χ1v) is 8.08. The maximum atomic E-state index is 12.6. The lowest BCUT2D eigenvalue weighted by molar-refractivity contribution is -0.114. The van der Waals surface area contributed by atoms with E-state index in [0.717, 1.165) is 26.8 Å². The predicted molar refractivity (Wildman–Crippen MR) is 98.2 cm³/mol. The molecule has 3 N–H and O–H groups in total. The number of hydrogen-bond donors (Lipinski definition) is 2. The second-order valence-electron chi connectivity index (χ2n) is 5.96. The molecule has 0 bridgehead atoms. The Morgan fingerprint density at radius 2 is 1.80 bits per heavy atom. The van der Waals surface area contributed by atoms with Gasteiger partial charge >= 0.3 is 0 Å². The minimum absolute atomic E-state index is 0.197. The first-order chi connectivity index (χ1) is 12.2. The molecular formula is C20H16N3O2. The molecule has 1 radical (unpaired) electrons. The number of benzene rings is 3. The van der Waals surface area contributed by atoms with Crippen molar-refractivity contribution in [3.63, 3.8) is 0 Å². The Hall–Kier alpha value is -3.18. The van der Waals surface area contributed by atoms with Gasteiger partial charge in [-0.25, -0.2) is 5.32 Å². The van der Waals surface area contributed by atoms with Crippen molar-refractivity contribution in [2.24, 2.45) is 5.73 Å². The van der Waals surface area contributed by atoms with Crippen LogP contribution in [-0.2, 0) is 4.79 Å². The number of nitrogens with two attached hydrogens (primary N) is 1. The summed E-state index contributed by atoms with van der Waals surface area (Å²) in [4.78, 5) is 24.3.